The van der Waals surface area contributed by atoms with Crippen LogP contribution in [0.4, 0.5) is 30.5 Å². The van der Waals surface area contributed by atoms with Crippen molar-refractivity contribution in [1.29, 1.82) is 0 Å². The van der Waals surface area contributed by atoms with Crippen LogP contribution in [0.25, 0.3) is 0 Å². The summed E-state index contributed by atoms with van der Waals surface area (Å²) in [5.74, 6) is -1.50. The summed E-state index contributed by atoms with van der Waals surface area (Å²) in [6.07, 6.45) is -4.63. The highest BCUT2D eigenvalue weighted by Gasteiger charge is 2.35. The fraction of sp³-hybridized carbons (Fsp3) is 0.167. The van der Waals surface area contributed by atoms with Crippen molar-refractivity contribution in [3.63, 3.8) is 0 Å². The molecule has 2 rings (SSSR count). The van der Waals surface area contributed by atoms with Crippen LogP contribution in [-0.2, 0) is 6.18 Å². The molecule has 0 aliphatic carbocycles. The summed E-state index contributed by atoms with van der Waals surface area (Å²) in [4.78, 5) is 6.56. The topological polar surface area (TPSA) is 63.8 Å². The maximum absolute atomic E-state index is 12.5. The van der Waals surface area contributed by atoms with Gasteiger partial charge >= 0.3 is 6.18 Å². The molecule has 0 atom stereocenters. The Kier molecular flexibility index (Phi) is 3.28. The summed E-state index contributed by atoms with van der Waals surface area (Å²) in [6, 6.07) is 8.38. The molecule has 1 aromatic heterocycles. The summed E-state index contributed by atoms with van der Waals surface area (Å²) in [7, 11) is 0. The van der Waals surface area contributed by atoms with Gasteiger partial charge in [0.1, 0.15) is 11.6 Å². The van der Waals surface area contributed by atoms with Crippen LogP contribution in [0.15, 0.2) is 30.3 Å². The summed E-state index contributed by atoms with van der Waals surface area (Å²) >= 11 is 0. The van der Waals surface area contributed by atoms with E-state index in [-0.39, 0.29) is 11.6 Å². The lowest BCUT2D eigenvalue weighted by Crippen LogP contribution is -2.13. The Morgan fingerprint density at radius 1 is 1.11 bits per heavy atom. The van der Waals surface area contributed by atoms with Crippen molar-refractivity contribution in [3.8, 4) is 0 Å². The van der Waals surface area contributed by atoms with Gasteiger partial charge in [-0.1, -0.05) is 17.7 Å². The van der Waals surface area contributed by atoms with Gasteiger partial charge in [0, 0.05) is 11.8 Å². The van der Waals surface area contributed by atoms with E-state index in [4.69, 9.17) is 5.73 Å². The van der Waals surface area contributed by atoms with E-state index in [1.165, 1.54) is 6.07 Å². The number of benzene rings is 1. The molecule has 0 bridgehead atoms. The van der Waals surface area contributed by atoms with Gasteiger partial charge in [-0.3, -0.25) is 0 Å². The van der Waals surface area contributed by atoms with Gasteiger partial charge in [-0.05, 0) is 19.1 Å². The Morgan fingerprint density at radius 3 is 2.32 bits per heavy atom. The highest BCUT2D eigenvalue weighted by molar-refractivity contribution is 5.58. The highest BCUT2D eigenvalue weighted by atomic mass is 19.4. The molecule has 0 radical (unpaired) electrons. The first-order chi connectivity index (χ1) is 8.84. The van der Waals surface area contributed by atoms with E-state index >= 15 is 0 Å². The molecular formula is C12H11F3N4. The number of aryl methyl sites for hydroxylation is 1. The van der Waals surface area contributed by atoms with Crippen LogP contribution in [0.3, 0.4) is 0 Å². The number of nitrogen functional groups attached to an aromatic ring is 1. The SMILES string of the molecule is Cc1ccc(Nc2cc(N)nc(C(F)(F)F)n2)cc1. The van der Waals surface area contributed by atoms with Crippen molar-refractivity contribution in [3.05, 3.63) is 41.7 Å². The summed E-state index contributed by atoms with van der Waals surface area (Å²) in [6.45, 7) is 1.91. The zero-order valence-corrected chi connectivity index (χ0v) is 9.99. The Labute approximate surface area is 107 Å². The molecule has 4 nitrogen and oxygen atoms in total. The molecule has 7 heteroatoms. The molecule has 0 saturated carbocycles. The Hall–Kier alpha value is -2.31. The number of hydrogen-bond donors (Lipinski definition) is 2. The average Bonchev–Trinajstić information content (AvgIpc) is 2.30. The van der Waals surface area contributed by atoms with E-state index in [9.17, 15) is 13.2 Å². The second-order valence-electron chi connectivity index (χ2n) is 3.99. The van der Waals surface area contributed by atoms with E-state index in [2.05, 4.69) is 15.3 Å². The Bertz CT molecular complexity index is 579. The third-order valence-corrected chi connectivity index (χ3v) is 2.32. The number of alkyl halides is 3. The Morgan fingerprint density at radius 2 is 1.74 bits per heavy atom. The van der Waals surface area contributed by atoms with Gasteiger partial charge in [-0.2, -0.15) is 13.2 Å². The van der Waals surface area contributed by atoms with Gasteiger partial charge in [0.05, 0.1) is 0 Å². The molecule has 0 aliphatic rings. The minimum Gasteiger partial charge on any atom is -0.384 e. The predicted octanol–water partition coefficient (Wildman–Crippen LogP) is 3.13. The van der Waals surface area contributed by atoms with Gasteiger partial charge in [0.2, 0.25) is 5.82 Å². The lowest BCUT2D eigenvalue weighted by atomic mass is 10.2. The van der Waals surface area contributed by atoms with Crippen LogP contribution in [0.2, 0.25) is 0 Å². The second kappa shape index (κ2) is 4.75. The minimum atomic E-state index is -4.63. The summed E-state index contributed by atoms with van der Waals surface area (Å²) in [5.41, 5.74) is 7.01. The number of nitrogens with zero attached hydrogens (tertiary/aromatic N) is 2. The standard InChI is InChI=1S/C12H11F3N4/c1-7-2-4-8(5-3-7)17-10-6-9(16)18-11(19-10)12(13,14)15/h2-6H,1H3,(H3,16,17,18,19). The summed E-state index contributed by atoms with van der Waals surface area (Å²) in [5, 5.41) is 2.75. The molecule has 0 aliphatic heterocycles. The normalized spacial score (nSPS) is 11.4. The molecule has 3 N–H and O–H groups in total. The molecule has 0 amide bonds. The maximum Gasteiger partial charge on any atom is 0.451 e. The number of halogens is 3. The molecule has 2 aromatic rings. The number of anilines is 3. The molecule has 0 saturated heterocycles. The molecular weight excluding hydrogens is 257 g/mol. The van der Waals surface area contributed by atoms with Crippen molar-refractivity contribution in [2.45, 2.75) is 13.1 Å². The van der Waals surface area contributed by atoms with Crippen molar-refractivity contribution in [2.24, 2.45) is 0 Å². The molecule has 1 aromatic carbocycles. The van der Waals surface area contributed by atoms with Crippen LogP contribution in [0.1, 0.15) is 11.4 Å². The number of hydrogen-bond acceptors (Lipinski definition) is 4. The van der Waals surface area contributed by atoms with Crippen LogP contribution in [0, 0.1) is 6.92 Å². The van der Waals surface area contributed by atoms with E-state index in [0.717, 1.165) is 5.56 Å². The Balaban J connectivity index is 2.30. The largest absolute Gasteiger partial charge is 0.451 e. The quantitative estimate of drug-likeness (QED) is 0.878. The maximum atomic E-state index is 12.5. The van der Waals surface area contributed by atoms with Crippen molar-refractivity contribution >= 4 is 17.3 Å². The van der Waals surface area contributed by atoms with Crippen LogP contribution < -0.4 is 11.1 Å². The van der Waals surface area contributed by atoms with E-state index < -0.39 is 12.0 Å². The van der Waals surface area contributed by atoms with Crippen LogP contribution in [-0.4, -0.2) is 9.97 Å². The van der Waals surface area contributed by atoms with Gasteiger partial charge < -0.3 is 11.1 Å². The van der Waals surface area contributed by atoms with E-state index in [1.807, 2.05) is 19.1 Å². The zero-order valence-electron chi connectivity index (χ0n) is 9.99. The summed E-state index contributed by atoms with van der Waals surface area (Å²) < 4.78 is 37.6. The third-order valence-electron chi connectivity index (χ3n) is 2.32. The molecule has 0 fully saturated rings. The van der Waals surface area contributed by atoms with Crippen molar-refractivity contribution < 1.29 is 13.2 Å². The number of nitrogens with two attached hydrogens (primary N) is 1. The number of rotatable bonds is 2. The monoisotopic (exact) mass is 268 g/mol. The minimum absolute atomic E-state index is 0.00341. The predicted molar refractivity (Wildman–Crippen MR) is 65.9 cm³/mol. The third kappa shape index (κ3) is 3.34. The van der Waals surface area contributed by atoms with Gasteiger partial charge in [-0.15, -0.1) is 0 Å². The number of nitrogens with one attached hydrogen (secondary N) is 1. The van der Waals surface area contributed by atoms with Gasteiger partial charge in [0.15, 0.2) is 0 Å². The van der Waals surface area contributed by atoms with E-state index in [1.54, 1.807) is 12.1 Å². The number of aromatic nitrogens is 2. The lowest BCUT2D eigenvalue weighted by molar-refractivity contribution is -0.144. The smallest absolute Gasteiger partial charge is 0.384 e. The average molecular weight is 268 g/mol. The second-order valence-corrected chi connectivity index (χ2v) is 3.99. The van der Waals surface area contributed by atoms with Gasteiger partial charge in [0.25, 0.3) is 0 Å². The molecule has 19 heavy (non-hydrogen) atoms. The van der Waals surface area contributed by atoms with E-state index in [0.29, 0.717) is 5.69 Å². The van der Waals surface area contributed by atoms with Crippen molar-refractivity contribution in [2.75, 3.05) is 11.1 Å². The molecule has 0 unspecified atom stereocenters. The zero-order chi connectivity index (χ0) is 14.0. The highest BCUT2D eigenvalue weighted by Crippen LogP contribution is 2.28. The first-order valence-electron chi connectivity index (χ1n) is 5.40. The molecule has 1 heterocycles. The fourth-order valence-electron chi connectivity index (χ4n) is 1.44. The fourth-order valence-corrected chi connectivity index (χ4v) is 1.44. The first-order valence-corrected chi connectivity index (χ1v) is 5.40. The van der Waals surface area contributed by atoms with Crippen LogP contribution >= 0.6 is 0 Å². The first kappa shape index (κ1) is 13.1. The molecule has 100 valence electrons. The van der Waals surface area contributed by atoms with Crippen LogP contribution in [0.5, 0.6) is 0 Å². The van der Waals surface area contributed by atoms with Crippen molar-refractivity contribution in [1.82, 2.24) is 9.97 Å². The molecule has 0 spiro atoms. The van der Waals surface area contributed by atoms with Gasteiger partial charge in [-0.25, -0.2) is 9.97 Å². The lowest BCUT2D eigenvalue weighted by Gasteiger charge is -2.10.